The Morgan fingerprint density at radius 2 is 1.75 bits per heavy atom. The zero-order valence-corrected chi connectivity index (χ0v) is 16.0. The van der Waals surface area contributed by atoms with Crippen molar-refractivity contribution in [2.75, 3.05) is 25.0 Å². The van der Waals surface area contributed by atoms with Gasteiger partial charge in [-0.3, -0.25) is 9.59 Å². The van der Waals surface area contributed by atoms with Crippen molar-refractivity contribution in [2.24, 2.45) is 0 Å². The number of benzene rings is 2. The monoisotopic (exact) mass is 378 g/mol. The van der Waals surface area contributed by atoms with Gasteiger partial charge in [0.25, 0.3) is 11.8 Å². The van der Waals surface area contributed by atoms with Gasteiger partial charge in [0.15, 0.2) is 0 Å². The van der Waals surface area contributed by atoms with Crippen LogP contribution in [0, 0.1) is 0 Å². The van der Waals surface area contributed by atoms with Gasteiger partial charge in [-0.15, -0.1) is 0 Å². The highest BCUT2D eigenvalue weighted by atomic mass is 16.5. The van der Waals surface area contributed by atoms with Gasteiger partial charge < -0.3 is 15.0 Å². The summed E-state index contributed by atoms with van der Waals surface area (Å²) in [6, 6.07) is 17.7. The first-order valence-electron chi connectivity index (χ1n) is 10.1. The number of hydrogen-bond acceptors (Lipinski definition) is 3. The van der Waals surface area contributed by atoms with E-state index in [9.17, 15) is 9.59 Å². The number of nitrogens with zero attached hydrogens (tertiary/aromatic N) is 1. The van der Waals surface area contributed by atoms with Crippen LogP contribution >= 0.6 is 0 Å². The number of nitrogens with one attached hydrogen (secondary N) is 1. The lowest BCUT2D eigenvalue weighted by Crippen LogP contribution is -2.38. The fourth-order valence-corrected chi connectivity index (χ4v) is 4.06. The molecule has 5 heteroatoms. The minimum atomic E-state index is -0.378. The highest BCUT2D eigenvalue weighted by Gasteiger charge is 2.26. The number of carbonyl (C=O) groups excluding carboxylic acids is 2. The van der Waals surface area contributed by atoms with Crippen molar-refractivity contribution < 1.29 is 14.3 Å². The van der Waals surface area contributed by atoms with Crippen LogP contribution in [-0.2, 0) is 9.53 Å². The molecule has 0 saturated carbocycles. The largest absolute Gasteiger partial charge is 0.368 e. The van der Waals surface area contributed by atoms with Crippen LogP contribution < -0.4 is 5.32 Å². The minimum Gasteiger partial charge on any atom is -0.368 e. The highest BCUT2D eigenvalue weighted by Crippen LogP contribution is 2.28. The van der Waals surface area contributed by atoms with Crippen LogP contribution in [-0.4, -0.2) is 42.5 Å². The lowest BCUT2D eigenvalue weighted by molar-refractivity contribution is -0.124. The van der Waals surface area contributed by atoms with Gasteiger partial charge in [0.2, 0.25) is 0 Å². The van der Waals surface area contributed by atoms with Crippen molar-refractivity contribution in [3.63, 3.8) is 0 Å². The van der Waals surface area contributed by atoms with Crippen molar-refractivity contribution in [3.05, 3.63) is 65.7 Å². The lowest BCUT2D eigenvalue weighted by Gasteiger charge is -2.32. The third-order valence-corrected chi connectivity index (χ3v) is 5.65. The fourth-order valence-electron chi connectivity index (χ4n) is 4.06. The first kappa shape index (κ1) is 18.7. The average molecular weight is 378 g/mol. The van der Waals surface area contributed by atoms with Gasteiger partial charge in [-0.2, -0.15) is 0 Å². The van der Waals surface area contributed by atoms with E-state index < -0.39 is 0 Å². The summed E-state index contributed by atoms with van der Waals surface area (Å²) < 4.78 is 5.42. The molecule has 146 valence electrons. The number of rotatable bonds is 4. The van der Waals surface area contributed by atoms with Gasteiger partial charge in [0.05, 0.1) is 0 Å². The number of carbonyl (C=O) groups is 2. The molecule has 0 aromatic heterocycles. The molecule has 0 aliphatic carbocycles. The predicted octanol–water partition coefficient (Wildman–Crippen LogP) is 3.82. The smallest absolute Gasteiger partial charge is 0.253 e. The molecule has 0 spiro atoms. The van der Waals surface area contributed by atoms with Crippen LogP contribution in [0.4, 0.5) is 5.69 Å². The van der Waals surface area contributed by atoms with Crippen LogP contribution in [0.25, 0.3) is 0 Å². The molecule has 2 saturated heterocycles. The van der Waals surface area contributed by atoms with Gasteiger partial charge in [0, 0.05) is 30.9 Å². The second kappa shape index (κ2) is 8.57. The molecule has 0 unspecified atom stereocenters. The summed E-state index contributed by atoms with van der Waals surface area (Å²) in [5, 5.41) is 2.88. The molecule has 2 fully saturated rings. The number of hydrogen-bond donors (Lipinski definition) is 1. The Balaban J connectivity index is 1.36. The van der Waals surface area contributed by atoms with E-state index in [1.54, 1.807) is 6.07 Å². The molecule has 1 N–H and O–H groups in total. The first-order chi connectivity index (χ1) is 13.7. The maximum Gasteiger partial charge on any atom is 0.253 e. The molecule has 2 heterocycles. The molecule has 2 aromatic carbocycles. The molecule has 28 heavy (non-hydrogen) atoms. The molecule has 2 amide bonds. The van der Waals surface area contributed by atoms with Crippen molar-refractivity contribution in [1.29, 1.82) is 0 Å². The van der Waals surface area contributed by atoms with Crippen LogP contribution in [0.2, 0.25) is 0 Å². The fraction of sp³-hybridized carbons (Fsp3) is 0.391. The van der Waals surface area contributed by atoms with E-state index in [2.05, 4.69) is 29.6 Å². The van der Waals surface area contributed by atoms with Crippen molar-refractivity contribution in [2.45, 2.75) is 37.7 Å². The summed E-state index contributed by atoms with van der Waals surface area (Å²) in [4.78, 5) is 27.1. The summed E-state index contributed by atoms with van der Waals surface area (Å²) in [5.41, 5.74) is 2.61. The van der Waals surface area contributed by atoms with Gasteiger partial charge in [0.1, 0.15) is 6.10 Å². The molecule has 0 bridgehead atoms. The van der Waals surface area contributed by atoms with Gasteiger partial charge in [-0.05, 0) is 55.4 Å². The van der Waals surface area contributed by atoms with Crippen LogP contribution in [0.1, 0.15) is 47.5 Å². The zero-order valence-electron chi connectivity index (χ0n) is 16.0. The molecule has 2 aliphatic rings. The van der Waals surface area contributed by atoms with E-state index in [-0.39, 0.29) is 17.9 Å². The molecule has 2 aliphatic heterocycles. The predicted molar refractivity (Wildman–Crippen MR) is 108 cm³/mol. The quantitative estimate of drug-likeness (QED) is 0.880. The Hall–Kier alpha value is -2.66. The SMILES string of the molecule is O=C(Nc1cccc(C(=O)N2CCC(c3ccccc3)CC2)c1)[C@@H]1CCCO1. The first-order valence-corrected chi connectivity index (χ1v) is 10.1. The van der Waals surface area contributed by atoms with Crippen LogP contribution in [0.5, 0.6) is 0 Å². The number of ether oxygens (including phenoxy) is 1. The number of likely N-dealkylation sites (tertiary alicyclic amines) is 1. The Labute approximate surface area is 165 Å². The summed E-state index contributed by atoms with van der Waals surface area (Å²) in [5.74, 6) is 0.410. The Bertz CT molecular complexity index is 823. The standard InChI is InChI=1S/C23H26N2O3/c26-22(21-10-5-15-28-21)24-20-9-4-8-19(16-20)23(27)25-13-11-18(12-14-25)17-6-2-1-3-7-17/h1-4,6-9,16,18,21H,5,10-15H2,(H,24,26)/t21-/m0/s1. The van der Waals surface area contributed by atoms with Gasteiger partial charge >= 0.3 is 0 Å². The number of amides is 2. The van der Waals surface area contributed by atoms with E-state index in [4.69, 9.17) is 4.74 Å². The zero-order chi connectivity index (χ0) is 19.3. The third-order valence-electron chi connectivity index (χ3n) is 5.65. The number of anilines is 1. The summed E-state index contributed by atoms with van der Waals surface area (Å²) >= 11 is 0. The van der Waals surface area contributed by atoms with E-state index in [1.165, 1.54) is 5.56 Å². The van der Waals surface area contributed by atoms with Crippen molar-refractivity contribution in [3.8, 4) is 0 Å². The maximum atomic E-state index is 12.9. The molecule has 1 atom stereocenters. The van der Waals surface area contributed by atoms with E-state index in [1.807, 2.05) is 29.2 Å². The molecule has 5 nitrogen and oxygen atoms in total. The topological polar surface area (TPSA) is 58.6 Å². The highest BCUT2D eigenvalue weighted by molar-refractivity contribution is 5.98. The molecule has 0 radical (unpaired) electrons. The van der Waals surface area contributed by atoms with Crippen LogP contribution in [0.15, 0.2) is 54.6 Å². The molecular formula is C23H26N2O3. The second-order valence-electron chi connectivity index (χ2n) is 7.55. The van der Waals surface area contributed by atoms with Crippen molar-refractivity contribution in [1.82, 2.24) is 4.90 Å². The minimum absolute atomic E-state index is 0.0275. The maximum absolute atomic E-state index is 12.9. The molecule has 4 rings (SSSR count). The summed E-state index contributed by atoms with van der Waals surface area (Å²) in [7, 11) is 0. The normalized spacial score (nSPS) is 20.1. The van der Waals surface area contributed by atoms with Gasteiger partial charge in [-0.1, -0.05) is 36.4 Å². The van der Waals surface area contributed by atoms with Gasteiger partial charge in [-0.25, -0.2) is 0 Å². The Kier molecular flexibility index (Phi) is 5.72. The average Bonchev–Trinajstić information content (AvgIpc) is 3.29. The molecule has 2 aromatic rings. The number of piperidine rings is 1. The Morgan fingerprint density at radius 3 is 2.46 bits per heavy atom. The Morgan fingerprint density at radius 1 is 0.964 bits per heavy atom. The molecular weight excluding hydrogens is 352 g/mol. The van der Waals surface area contributed by atoms with Crippen molar-refractivity contribution >= 4 is 17.5 Å². The lowest BCUT2D eigenvalue weighted by atomic mass is 9.89. The summed E-state index contributed by atoms with van der Waals surface area (Å²) in [6.45, 7) is 2.14. The van der Waals surface area contributed by atoms with E-state index in [0.717, 1.165) is 38.8 Å². The second-order valence-corrected chi connectivity index (χ2v) is 7.55. The van der Waals surface area contributed by atoms with E-state index in [0.29, 0.717) is 23.8 Å². The third kappa shape index (κ3) is 4.25. The van der Waals surface area contributed by atoms with E-state index >= 15 is 0 Å². The summed E-state index contributed by atoms with van der Waals surface area (Å²) in [6.07, 6.45) is 3.24. The van der Waals surface area contributed by atoms with Crippen LogP contribution in [0.3, 0.4) is 0 Å².